The molecule has 1 amide bonds. The summed E-state index contributed by atoms with van der Waals surface area (Å²) in [7, 11) is 0. The highest BCUT2D eigenvalue weighted by Gasteiger charge is 2.68. The Morgan fingerprint density at radius 3 is 2.51 bits per heavy atom. The third-order valence-corrected chi connectivity index (χ3v) is 12.2. The lowest BCUT2D eigenvalue weighted by molar-refractivity contribution is -0.205. The Kier molecular flexibility index (Phi) is 9.46. The van der Waals surface area contributed by atoms with Crippen LogP contribution in [0.25, 0.3) is 0 Å². The predicted molar refractivity (Wildman–Crippen MR) is 157 cm³/mol. The number of thioether (sulfide) groups is 1. The maximum absolute atomic E-state index is 13.5. The topological polar surface area (TPSA) is 119 Å². The Bertz CT molecular complexity index is 969. The lowest BCUT2D eigenvalue weighted by Crippen LogP contribution is -2.63. The number of carbonyl (C=O) groups excluding carboxylic acids is 3. The lowest BCUT2D eigenvalue weighted by Gasteiger charge is -2.61. The number of aliphatic hydroxyl groups is 1. The molecule has 3 rings (SSSR count). The lowest BCUT2D eigenvalue weighted by atomic mass is 9.44. The summed E-state index contributed by atoms with van der Waals surface area (Å²) in [6.07, 6.45) is 4.17. The molecule has 0 aromatic rings. The van der Waals surface area contributed by atoms with Crippen molar-refractivity contribution >= 4 is 29.4 Å². The van der Waals surface area contributed by atoms with Gasteiger partial charge in [0.15, 0.2) is 0 Å². The van der Waals surface area contributed by atoms with Gasteiger partial charge in [-0.05, 0) is 62.7 Å². The Hall–Kier alpha value is -1.38. The molecule has 0 heterocycles. The van der Waals surface area contributed by atoms with Crippen molar-refractivity contribution in [3.8, 4) is 0 Å². The maximum atomic E-state index is 13.5. The fourth-order valence-electron chi connectivity index (χ4n) is 7.72. The number of carbonyl (C=O) groups is 3. The molecule has 0 aromatic heterocycles. The standard InChI is InChI=1S/C31H52N2O5S/c1-10-29(8)15-22(38-23(35)16-39-28(6,7)17-33-27(37)24(32)18(2)3)30(9)19(4)11-13-31(20(5)26(29)36)14-12-21(34)25(30)31/h10,18-20,22,24-26,36H,1,11-17,32H2,2-9H3,(H,33,37)/t19?,20-,22+,24+,25-,26-,29+,30-,31-/m1/s1. The van der Waals surface area contributed by atoms with Crippen LogP contribution in [-0.2, 0) is 19.1 Å². The summed E-state index contributed by atoms with van der Waals surface area (Å²) in [5.74, 6) is -0.243. The predicted octanol–water partition coefficient (Wildman–Crippen LogP) is 4.50. The molecule has 0 saturated heterocycles. The highest BCUT2D eigenvalue weighted by atomic mass is 32.2. The van der Waals surface area contributed by atoms with Gasteiger partial charge in [0.05, 0.1) is 17.9 Å². The molecule has 222 valence electrons. The molecular formula is C31H52N2O5S. The molecular weight excluding hydrogens is 512 g/mol. The summed E-state index contributed by atoms with van der Waals surface area (Å²) in [6.45, 7) is 20.7. The van der Waals surface area contributed by atoms with Crippen molar-refractivity contribution in [1.29, 1.82) is 0 Å². The van der Waals surface area contributed by atoms with Crippen LogP contribution >= 0.6 is 11.8 Å². The van der Waals surface area contributed by atoms with Crippen molar-refractivity contribution < 1.29 is 24.2 Å². The Morgan fingerprint density at radius 2 is 1.92 bits per heavy atom. The SMILES string of the molecule is C=C[C@@]1(C)C[C@H](OC(=O)CSC(C)(C)CNC(=O)[C@@H](N)C(C)C)[C@@]2(C)C(C)CC[C@@]3(CCC(=O)[C@@H]32)[C@H](C)[C@H]1O. The summed E-state index contributed by atoms with van der Waals surface area (Å²) in [5.41, 5.74) is 4.49. The minimum Gasteiger partial charge on any atom is -0.461 e. The normalized spacial score (nSPS) is 39.4. The Labute approximate surface area is 239 Å². The molecule has 39 heavy (non-hydrogen) atoms. The molecule has 1 unspecified atom stereocenters. The first-order valence-corrected chi connectivity index (χ1v) is 15.6. The van der Waals surface area contributed by atoms with Crippen LogP contribution in [0.15, 0.2) is 12.7 Å². The molecule has 4 N–H and O–H groups in total. The van der Waals surface area contributed by atoms with Crippen molar-refractivity contribution in [2.75, 3.05) is 12.3 Å². The third kappa shape index (κ3) is 5.85. The molecule has 9 atom stereocenters. The first-order chi connectivity index (χ1) is 17.9. The number of ether oxygens (including phenoxy) is 1. The van der Waals surface area contributed by atoms with E-state index < -0.39 is 33.8 Å². The molecule has 0 radical (unpaired) electrons. The number of aliphatic hydroxyl groups excluding tert-OH is 1. The average Bonchev–Trinajstić information content (AvgIpc) is 3.24. The molecule has 3 aliphatic carbocycles. The first-order valence-electron chi connectivity index (χ1n) is 14.7. The first kappa shape index (κ1) is 32.1. The van der Waals surface area contributed by atoms with E-state index >= 15 is 0 Å². The maximum Gasteiger partial charge on any atom is 0.316 e. The van der Waals surface area contributed by atoms with Gasteiger partial charge in [-0.2, -0.15) is 0 Å². The fourth-order valence-corrected chi connectivity index (χ4v) is 8.47. The zero-order valence-corrected chi connectivity index (χ0v) is 26.2. The van der Waals surface area contributed by atoms with E-state index in [9.17, 15) is 19.5 Å². The van der Waals surface area contributed by atoms with Gasteiger partial charge < -0.3 is 20.9 Å². The second-order valence-corrected chi connectivity index (χ2v) is 15.8. The minimum absolute atomic E-state index is 0.0382. The number of ketones is 1. The summed E-state index contributed by atoms with van der Waals surface area (Å²) >= 11 is 1.43. The minimum atomic E-state index is -0.684. The molecule has 3 fully saturated rings. The Morgan fingerprint density at radius 1 is 1.28 bits per heavy atom. The largest absolute Gasteiger partial charge is 0.461 e. The van der Waals surface area contributed by atoms with Crippen molar-refractivity contribution in [2.45, 2.75) is 110 Å². The molecule has 7 nitrogen and oxygen atoms in total. The van der Waals surface area contributed by atoms with E-state index in [0.717, 1.165) is 19.3 Å². The van der Waals surface area contributed by atoms with Gasteiger partial charge in [0.2, 0.25) is 5.91 Å². The zero-order chi connectivity index (χ0) is 29.6. The second-order valence-electron chi connectivity index (χ2n) is 14.1. The number of esters is 1. The molecule has 0 aromatic carbocycles. The van der Waals surface area contributed by atoms with Crippen LogP contribution in [0.3, 0.4) is 0 Å². The van der Waals surface area contributed by atoms with Gasteiger partial charge in [0.25, 0.3) is 0 Å². The van der Waals surface area contributed by atoms with Crippen molar-refractivity contribution in [3.05, 3.63) is 12.7 Å². The Balaban J connectivity index is 1.82. The van der Waals surface area contributed by atoms with Crippen LogP contribution < -0.4 is 11.1 Å². The molecule has 0 spiro atoms. The van der Waals surface area contributed by atoms with Crippen molar-refractivity contribution in [3.63, 3.8) is 0 Å². The van der Waals surface area contributed by atoms with E-state index in [2.05, 4.69) is 32.7 Å². The molecule has 8 heteroatoms. The number of Topliss-reactive ketones (excluding diaryl/α,β-unsaturated/α-hetero) is 1. The van der Waals surface area contributed by atoms with Crippen LogP contribution in [0.5, 0.6) is 0 Å². The quantitative estimate of drug-likeness (QED) is 0.279. The number of amides is 1. The van der Waals surface area contributed by atoms with E-state index in [-0.39, 0.29) is 52.5 Å². The van der Waals surface area contributed by atoms with E-state index in [4.69, 9.17) is 10.5 Å². The summed E-state index contributed by atoms with van der Waals surface area (Å²) < 4.78 is 5.92. The molecule has 2 bridgehead atoms. The van der Waals surface area contributed by atoms with E-state index in [1.54, 1.807) is 0 Å². The second kappa shape index (κ2) is 11.5. The van der Waals surface area contributed by atoms with Gasteiger partial charge >= 0.3 is 5.97 Å². The van der Waals surface area contributed by atoms with Gasteiger partial charge in [-0.25, -0.2) is 0 Å². The molecule has 3 saturated carbocycles. The number of hydrogen-bond donors (Lipinski definition) is 3. The molecule has 3 aliphatic rings. The van der Waals surface area contributed by atoms with Gasteiger partial charge in [-0.1, -0.05) is 47.6 Å². The van der Waals surface area contributed by atoms with Gasteiger partial charge in [-0.3, -0.25) is 14.4 Å². The van der Waals surface area contributed by atoms with E-state index in [0.29, 0.717) is 19.4 Å². The third-order valence-electron chi connectivity index (χ3n) is 10.9. The van der Waals surface area contributed by atoms with Crippen LogP contribution in [-0.4, -0.2) is 58.1 Å². The monoisotopic (exact) mass is 564 g/mol. The van der Waals surface area contributed by atoms with E-state index in [1.807, 2.05) is 40.7 Å². The average molecular weight is 565 g/mol. The highest BCUT2D eigenvalue weighted by molar-refractivity contribution is 8.01. The summed E-state index contributed by atoms with van der Waals surface area (Å²) in [6, 6.07) is -0.573. The van der Waals surface area contributed by atoms with Crippen LogP contribution in [0.2, 0.25) is 0 Å². The van der Waals surface area contributed by atoms with E-state index in [1.165, 1.54) is 11.8 Å². The summed E-state index contributed by atoms with van der Waals surface area (Å²) in [5, 5.41) is 14.6. The fraction of sp³-hybridized carbons (Fsp3) is 0.839. The van der Waals surface area contributed by atoms with Crippen molar-refractivity contribution in [1.82, 2.24) is 5.32 Å². The number of nitrogens with two attached hydrogens (primary N) is 1. The van der Waals surface area contributed by atoms with Gasteiger partial charge in [0, 0.05) is 34.5 Å². The number of nitrogens with one attached hydrogen (secondary N) is 1. The highest BCUT2D eigenvalue weighted by Crippen LogP contribution is 2.68. The number of rotatable bonds is 9. The smallest absolute Gasteiger partial charge is 0.316 e. The van der Waals surface area contributed by atoms with Crippen molar-refractivity contribution in [2.24, 2.45) is 45.7 Å². The van der Waals surface area contributed by atoms with Crippen LogP contribution in [0.1, 0.15) is 87.5 Å². The zero-order valence-electron chi connectivity index (χ0n) is 25.3. The van der Waals surface area contributed by atoms with Gasteiger partial charge in [-0.15, -0.1) is 18.3 Å². The van der Waals surface area contributed by atoms with Gasteiger partial charge in [0.1, 0.15) is 11.9 Å². The number of hydrogen-bond acceptors (Lipinski definition) is 7. The summed E-state index contributed by atoms with van der Waals surface area (Å²) in [4.78, 5) is 39.2. The van der Waals surface area contributed by atoms with Crippen LogP contribution in [0, 0.1) is 39.9 Å². The molecule has 0 aliphatic heterocycles. The van der Waals surface area contributed by atoms with Crippen LogP contribution in [0.4, 0.5) is 0 Å².